The van der Waals surface area contributed by atoms with Crippen molar-refractivity contribution in [3.63, 3.8) is 0 Å². The fourth-order valence-corrected chi connectivity index (χ4v) is 2.63. The van der Waals surface area contributed by atoms with E-state index in [1.807, 2.05) is 24.3 Å². The van der Waals surface area contributed by atoms with Crippen LogP contribution in [-0.4, -0.2) is 32.1 Å². The highest BCUT2D eigenvalue weighted by Crippen LogP contribution is 2.22. The van der Waals surface area contributed by atoms with E-state index < -0.39 is 5.97 Å². The molecule has 0 bridgehead atoms. The summed E-state index contributed by atoms with van der Waals surface area (Å²) in [6.45, 7) is 0.0929. The van der Waals surface area contributed by atoms with Gasteiger partial charge in [0.25, 0.3) is 5.91 Å². The molecule has 7 heteroatoms. The smallest absolute Gasteiger partial charge is 0.310 e. The van der Waals surface area contributed by atoms with Crippen LogP contribution in [0, 0.1) is 0 Å². The van der Waals surface area contributed by atoms with Crippen molar-refractivity contribution in [2.24, 2.45) is 0 Å². The van der Waals surface area contributed by atoms with Gasteiger partial charge >= 0.3 is 5.97 Å². The highest BCUT2D eigenvalue weighted by Gasteiger charge is 2.10. The van der Waals surface area contributed by atoms with Gasteiger partial charge in [-0.3, -0.25) is 9.59 Å². The van der Waals surface area contributed by atoms with E-state index in [1.165, 1.54) is 0 Å². The first-order chi connectivity index (χ1) is 12.5. The Kier molecular flexibility index (Phi) is 7.75. The predicted octanol–water partition coefficient (Wildman–Crippen LogP) is 3.45. The van der Waals surface area contributed by atoms with E-state index in [1.54, 1.807) is 25.3 Å². The molecule has 1 amide bonds. The van der Waals surface area contributed by atoms with Gasteiger partial charge in [-0.2, -0.15) is 0 Å². The second-order valence-corrected chi connectivity index (χ2v) is 6.31. The Morgan fingerprint density at radius 2 is 1.85 bits per heavy atom. The molecule has 0 radical (unpaired) electrons. The normalized spacial score (nSPS) is 10.3. The standard InChI is InChI=1S/C19H19Cl2NO4/c1-25-17-5-3-2-4-14(17)8-9-22-18(23)12-26-19(24)11-13-6-7-15(20)16(21)10-13/h2-7,10H,8-9,11-12H2,1H3,(H,22,23). The number of carbonyl (C=O) groups excluding carboxylic acids is 2. The number of methoxy groups -OCH3 is 1. The summed E-state index contributed by atoms with van der Waals surface area (Å²) in [7, 11) is 1.60. The van der Waals surface area contributed by atoms with Gasteiger partial charge in [0.2, 0.25) is 0 Å². The van der Waals surface area contributed by atoms with E-state index >= 15 is 0 Å². The van der Waals surface area contributed by atoms with Crippen LogP contribution in [0.2, 0.25) is 10.0 Å². The molecule has 26 heavy (non-hydrogen) atoms. The number of esters is 1. The number of halogens is 2. The van der Waals surface area contributed by atoms with Crippen molar-refractivity contribution < 1.29 is 19.1 Å². The predicted molar refractivity (Wildman–Crippen MR) is 101 cm³/mol. The molecule has 2 aromatic rings. The van der Waals surface area contributed by atoms with Gasteiger partial charge in [-0.25, -0.2) is 0 Å². The van der Waals surface area contributed by atoms with Crippen molar-refractivity contribution in [2.45, 2.75) is 12.8 Å². The second kappa shape index (κ2) is 10.0. The maximum Gasteiger partial charge on any atom is 0.310 e. The summed E-state index contributed by atoms with van der Waals surface area (Å²) in [4.78, 5) is 23.6. The Balaban J connectivity index is 1.71. The van der Waals surface area contributed by atoms with Crippen LogP contribution < -0.4 is 10.1 Å². The van der Waals surface area contributed by atoms with Crippen molar-refractivity contribution >= 4 is 35.1 Å². The van der Waals surface area contributed by atoms with Gasteiger partial charge in [-0.15, -0.1) is 0 Å². The quantitative estimate of drug-likeness (QED) is 0.695. The number of carbonyl (C=O) groups is 2. The third kappa shape index (κ3) is 6.24. The molecule has 0 aliphatic carbocycles. The summed E-state index contributed by atoms with van der Waals surface area (Å²) in [5, 5.41) is 3.49. The van der Waals surface area contributed by atoms with Crippen molar-refractivity contribution in [1.82, 2.24) is 5.32 Å². The molecule has 0 spiro atoms. The molecule has 2 aromatic carbocycles. The number of amides is 1. The molecule has 0 atom stereocenters. The largest absolute Gasteiger partial charge is 0.496 e. The Bertz CT molecular complexity index is 780. The van der Waals surface area contributed by atoms with Gasteiger partial charge < -0.3 is 14.8 Å². The fourth-order valence-electron chi connectivity index (χ4n) is 2.31. The van der Waals surface area contributed by atoms with Crippen LogP contribution in [0.4, 0.5) is 0 Å². The Morgan fingerprint density at radius 1 is 1.08 bits per heavy atom. The van der Waals surface area contributed by atoms with E-state index in [9.17, 15) is 9.59 Å². The zero-order valence-electron chi connectivity index (χ0n) is 14.3. The lowest BCUT2D eigenvalue weighted by atomic mass is 10.1. The average molecular weight is 396 g/mol. The molecule has 0 heterocycles. The first-order valence-corrected chi connectivity index (χ1v) is 8.73. The number of ether oxygens (including phenoxy) is 2. The van der Waals surface area contributed by atoms with Crippen molar-refractivity contribution in [1.29, 1.82) is 0 Å². The minimum atomic E-state index is -0.511. The first-order valence-electron chi connectivity index (χ1n) is 7.97. The highest BCUT2D eigenvalue weighted by atomic mass is 35.5. The molecule has 5 nitrogen and oxygen atoms in total. The van der Waals surface area contributed by atoms with Crippen molar-refractivity contribution in [3.8, 4) is 5.75 Å². The lowest BCUT2D eigenvalue weighted by Gasteiger charge is -2.09. The Labute approximate surface area is 162 Å². The van der Waals surface area contributed by atoms with Crippen molar-refractivity contribution in [3.05, 3.63) is 63.6 Å². The molecule has 0 saturated carbocycles. The molecule has 0 fully saturated rings. The minimum Gasteiger partial charge on any atom is -0.496 e. The summed E-state index contributed by atoms with van der Waals surface area (Å²) >= 11 is 11.7. The maximum atomic E-state index is 11.8. The van der Waals surface area contributed by atoms with E-state index in [-0.39, 0.29) is 18.9 Å². The average Bonchev–Trinajstić information content (AvgIpc) is 2.63. The van der Waals surface area contributed by atoms with Gasteiger partial charge in [0.05, 0.1) is 23.6 Å². The monoisotopic (exact) mass is 395 g/mol. The zero-order chi connectivity index (χ0) is 18.9. The third-order valence-electron chi connectivity index (χ3n) is 3.61. The van der Waals surface area contributed by atoms with Crippen LogP contribution >= 0.6 is 23.2 Å². The topological polar surface area (TPSA) is 64.6 Å². The Morgan fingerprint density at radius 3 is 2.58 bits per heavy atom. The lowest BCUT2D eigenvalue weighted by molar-refractivity contribution is -0.147. The molecular formula is C19H19Cl2NO4. The van der Waals surface area contributed by atoms with Crippen LogP contribution in [0.15, 0.2) is 42.5 Å². The van der Waals surface area contributed by atoms with Crippen LogP contribution in [0.5, 0.6) is 5.75 Å². The number of hydrogen-bond acceptors (Lipinski definition) is 4. The minimum absolute atomic E-state index is 0.0192. The molecular weight excluding hydrogens is 377 g/mol. The number of benzene rings is 2. The number of rotatable bonds is 8. The molecule has 2 rings (SSSR count). The van der Waals surface area contributed by atoms with Crippen LogP contribution in [0.25, 0.3) is 0 Å². The zero-order valence-corrected chi connectivity index (χ0v) is 15.8. The van der Waals surface area contributed by atoms with Crippen molar-refractivity contribution in [2.75, 3.05) is 20.3 Å². The van der Waals surface area contributed by atoms with Gasteiger partial charge in [0.1, 0.15) is 5.75 Å². The Hall–Kier alpha value is -2.24. The van der Waals surface area contributed by atoms with Gasteiger partial charge in [-0.1, -0.05) is 47.5 Å². The summed E-state index contributed by atoms with van der Waals surface area (Å²) in [5.41, 5.74) is 1.66. The lowest BCUT2D eigenvalue weighted by Crippen LogP contribution is -2.30. The van der Waals surface area contributed by atoms with E-state index in [0.29, 0.717) is 28.6 Å². The van der Waals surface area contributed by atoms with Crippen LogP contribution in [0.1, 0.15) is 11.1 Å². The van der Waals surface area contributed by atoms with E-state index in [4.69, 9.17) is 32.7 Å². The molecule has 0 unspecified atom stereocenters. The van der Waals surface area contributed by atoms with E-state index in [2.05, 4.69) is 5.32 Å². The summed E-state index contributed by atoms with van der Waals surface area (Å²) in [6.07, 6.45) is 0.637. The highest BCUT2D eigenvalue weighted by molar-refractivity contribution is 6.42. The number of hydrogen-bond donors (Lipinski definition) is 1. The van der Waals surface area contributed by atoms with Gasteiger partial charge in [-0.05, 0) is 35.7 Å². The number of para-hydroxylation sites is 1. The summed E-state index contributed by atoms with van der Waals surface area (Å²) in [6, 6.07) is 12.5. The molecule has 0 aromatic heterocycles. The molecule has 0 aliphatic rings. The van der Waals surface area contributed by atoms with E-state index in [0.717, 1.165) is 11.3 Å². The fraction of sp³-hybridized carbons (Fsp3) is 0.263. The maximum absolute atomic E-state index is 11.8. The molecule has 0 aliphatic heterocycles. The molecule has 0 saturated heterocycles. The van der Waals surface area contributed by atoms with Gasteiger partial charge in [0, 0.05) is 6.54 Å². The summed E-state index contributed by atoms with van der Waals surface area (Å²) in [5.74, 6) is -0.0968. The summed E-state index contributed by atoms with van der Waals surface area (Å²) < 4.78 is 10.2. The third-order valence-corrected chi connectivity index (χ3v) is 4.34. The molecule has 1 N–H and O–H groups in total. The SMILES string of the molecule is COc1ccccc1CCNC(=O)COC(=O)Cc1ccc(Cl)c(Cl)c1. The second-order valence-electron chi connectivity index (χ2n) is 5.50. The van der Waals surface area contributed by atoms with Gasteiger partial charge in [0.15, 0.2) is 6.61 Å². The van der Waals surface area contributed by atoms with Crippen LogP contribution in [0.3, 0.4) is 0 Å². The molecule has 138 valence electrons. The first kappa shape index (κ1) is 20.1. The number of nitrogens with one attached hydrogen (secondary N) is 1. The van der Waals surface area contributed by atoms with Crippen LogP contribution in [-0.2, 0) is 27.2 Å².